The van der Waals surface area contributed by atoms with E-state index in [1.165, 1.54) is 35.2 Å². The molecule has 3 aromatic rings. The first-order chi connectivity index (χ1) is 12.2. The van der Waals surface area contributed by atoms with Crippen molar-refractivity contribution < 1.29 is 9.13 Å². The summed E-state index contributed by atoms with van der Waals surface area (Å²) in [5, 5.41) is 3.12. The minimum Gasteiger partial charge on any atom is -0.383 e. The van der Waals surface area contributed by atoms with Crippen molar-refractivity contribution in [3.63, 3.8) is 0 Å². The van der Waals surface area contributed by atoms with Crippen LogP contribution in [0.1, 0.15) is 0 Å². The fourth-order valence-electron chi connectivity index (χ4n) is 2.47. The molecule has 3 rings (SSSR count). The Balaban J connectivity index is 2.17. The van der Waals surface area contributed by atoms with Gasteiger partial charge < -0.3 is 4.74 Å². The Kier molecular flexibility index (Phi) is 5.67. The van der Waals surface area contributed by atoms with Gasteiger partial charge >= 0.3 is 0 Å². The Morgan fingerprint density at radius 1 is 1.40 bits per heavy atom. The minimum atomic E-state index is -0.304. The number of fused-ring (bicyclic) bond motifs is 1. The van der Waals surface area contributed by atoms with Crippen LogP contribution in [0.25, 0.3) is 21.3 Å². The summed E-state index contributed by atoms with van der Waals surface area (Å²) >= 11 is 2.89. The normalized spacial score (nSPS) is 11.1. The van der Waals surface area contributed by atoms with Gasteiger partial charge in [0.05, 0.1) is 18.5 Å². The van der Waals surface area contributed by atoms with Crippen LogP contribution in [0.4, 0.5) is 4.39 Å². The van der Waals surface area contributed by atoms with Gasteiger partial charge in [0.1, 0.15) is 10.6 Å². The average Bonchev–Trinajstić information content (AvgIpc) is 3.04. The molecule has 2 heterocycles. The molecule has 0 aliphatic heterocycles. The maximum absolute atomic E-state index is 13.2. The fourth-order valence-corrected chi connectivity index (χ4v) is 4.22. The molecule has 1 aromatic carbocycles. The van der Waals surface area contributed by atoms with Crippen LogP contribution in [0.15, 0.2) is 52.3 Å². The summed E-state index contributed by atoms with van der Waals surface area (Å²) in [6, 6.07) is 6.14. The molecule has 0 radical (unpaired) electrons. The van der Waals surface area contributed by atoms with Gasteiger partial charge in [0.15, 0.2) is 5.16 Å². The third kappa shape index (κ3) is 3.68. The molecule has 0 amide bonds. The van der Waals surface area contributed by atoms with Crippen molar-refractivity contribution in [3.8, 4) is 11.1 Å². The third-order valence-corrected chi connectivity index (χ3v) is 5.51. The van der Waals surface area contributed by atoms with E-state index in [4.69, 9.17) is 4.74 Å². The highest BCUT2D eigenvalue weighted by Crippen LogP contribution is 2.32. The van der Waals surface area contributed by atoms with Crippen LogP contribution < -0.4 is 5.56 Å². The van der Waals surface area contributed by atoms with Gasteiger partial charge in [0.25, 0.3) is 5.56 Å². The quantitative estimate of drug-likeness (QED) is 0.352. The molecule has 0 aliphatic rings. The van der Waals surface area contributed by atoms with Crippen molar-refractivity contribution in [3.05, 3.63) is 58.5 Å². The SMILES string of the molecule is C=CCSc1nc2scc(-c3ccc(F)cc3)c2c(=O)n1CCOC. The van der Waals surface area contributed by atoms with E-state index < -0.39 is 0 Å². The maximum Gasteiger partial charge on any atom is 0.263 e. The predicted octanol–water partition coefficient (Wildman–Crippen LogP) is 4.19. The van der Waals surface area contributed by atoms with E-state index in [0.717, 1.165) is 11.1 Å². The Labute approximate surface area is 153 Å². The molecule has 7 heteroatoms. The van der Waals surface area contributed by atoms with E-state index in [9.17, 15) is 9.18 Å². The Morgan fingerprint density at radius 3 is 2.84 bits per heavy atom. The molecule has 0 bridgehead atoms. The molecule has 0 atom stereocenters. The number of nitrogens with zero attached hydrogens (tertiary/aromatic N) is 2. The molecule has 25 heavy (non-hydrogen) atoms. The van der Waals surface area contributed by atoms with Gasteiger partial charge in [0.2, 0.25) is 0 Å². The molecular weight excluding hydrogens is 359 g/mol. The van der Waals surface area contributed by atoms with Crippen molar-refractivity contribution in [1.82, 2.24) is 9.55 Å². The van der Waals surface area contributed by atoms with Gasteiger partial charge in [-0.25, -0.2) is 9.37 Å². The van der Waals surface area contributed by atoms with E-state index in [1.807, 2.05) is 5.38 Å². The van der Waals surface area contributed by atoms with Crippen molar-refractivity contribution in [2.75, 3.05) is 19.5 Å². The van der Waals surface area contributed by atoms with Gasteiger partial charge in [-0.05, 0) is 17.7 Å². The van der Waals surface area contributed by atoms with Crippen LogP contribution in [-0.2, 0) is 11.3 Å². The number of aromatic nitrogens is 2. The predicted molar refractivity (Wildman–Crippen MR) is 102 cm³/mol. The Bertz CT molecular complexity index is 948. The lowest BCUT2D eigenvalue weighted by molar-refractivity contribution is 0.183. The Hall–Kier alpha value is -1.96. The highest BCUT2D eigenvalue weighted by molar-refractivity contribution is 7.99. The molecule has 0 unspecified atom stereocenters. The average molecular weight is 376 g/mol. The highest BCUT2D eigenvalue weighted by Gasteiger charge is 2.17. The van der Waals surface area contributed by atoms with Crippen molar-refractivity contribution in [2.45, 2.75) is 11.7 Å². The van der Waals surface area contributed by atoms with Gasteiger partial charge in [0, 0.05) is 23.8 Å². The molecule has 2 aromatic heterocycles. The molecule has 4 nitrogen and oxygen atoms in total. The molecule has 0 saturated heterocycles. The van der Waals surface area contributed by atoms with Crippen LogP contribution in [0.5, 0.6) is 0 Å². The number of halogens is 1. The number of hydrogen-bond donors (Lipinski definition) is 0. The lowest BCUT2D eigenvalue weighted by Crippen LogP contribution is -2.25. The molecule has 0 fully saturated rings. The van der Waals surface area contributed by atoms with Gasteiger partial charge in [-0.15, -0.1) is 17.9 Å². The highest BCUT2D eigenvalue weighted by atomic mass is 32.2. The van der Waals surface area contributed by atoms with Crippen LogP contribution in [0.3, 0.4) is 0 Å². The van der Waals surface area contributed by atoms with E-state index in [0.29, 0.717) is 34.3 Å². The number of thiophene rings is 1. The van der Waals surface area contributed by atoms with Gasteiger partial charge in [-0.1, -0.05) is 30.0 Å². The van der Waals surface area contributed by atoms with Crippen molar-refractivity contribution >= 4 is 33.3 Å². The van der Waals surface area contributed by atoms with Crippen molar-refractivity contribution in [1.29, 1.82) is 0 Å². The lowest BCUT2D eigenvalue weighted by Gasteiger charge is -2.11. The summed E-state index contributed by atoms with van der Waals surface area (Å²) in [6.45, 7) is 4.56. The van der Waals surface area contributed by atoms with E-state index in [1.54, 1.807) is 29.9 Å². The summed E-state index contributed by atoms with van der Waals surface area (Å²) in [4.78, 5) is 18.4. The van der Waals surface area contributed by atoms with Crippen LogP contribution >= 0.6 is 23.1 Å². The second kappa shape index (κ2) is 7.95. The summed E-state index contributed by atoms with van der Waals surface area (Å²) in [6.07, 6.45) is 1.78. The zero-order valence-electron chi connectivity index (χ0n) is 13.7. The zero-order chi connectivity index (χ0) is 17.8. The second-order valence-corrected chi connectivity index (χ2v) is 7.13. The summed E-state index contributed by atoms with van der Waals surface area (Å²) in [5.74, 6) is 0.364. The number of hydrogen-bond acceptors (Lipinski definition) is 5. The van der Waals surface area contributed by atoms with Crippen LogP contribution in [0.2, 0.25) is 0 Å². The summed E-state index contributed by atoms with van der Waals surface area (Å²) < 4.78 is 20.0. The first-order valence-corrected chi connectivity index (χ1v) is 9.53. The third-order valence-electron chi connectivity index (χ3n) is 3.66. The topological polar surface area (TPSA) is 44.1 Å². The second-order valence-electron chi connectivity index (χ2n) is 5.28. The van der Waals surface area contributed by atoms with Crippen LogP contribution in [-0.4, -0.2) is 29.0 Å². The van der Waals surface area contributed by atoms with E-state index in [-0.39, 0.29) is 11.4 Å². The monoisotopic (exact) mass is 376 g/mol. The largest absolute Gasteiger partial charge is 0.383 e. The van der Waals surface area contributed by atoms with E-state index in [2.05, 4.69) is 11.6 Å². The van der Waals surface area contributed by atoms with E-state index >= 15 is 0 Å². The number of ether oxygens (including phenoxy) is 1. The molecule has 130 valence electrons. The number of benzene rings is 1. The Morgan fingerprint density at radius 2 is 2.16 bits per heavy atom. The number of rotatable bonds is 7. The molecule has 0 saturated carbocycles. The zero-order valence-corrected chi connectivity index (χ0v) is 15.3. The summed E-state index contributed by atoms with van der Waals surface area (Å²) in [7, 11) is 1.60. The molecule has 0 N–H and O–H groups in total. The first kappa shape index (κ1) is 17.8. The number of thioether (sulfide) groups is 1. The smallest absolute Gasteiger partial charge is 0.263 e. The van der Waals surface area contributed by atoms with Crippen molar-refractivity contribution in [2.24, 2.45) is 0 Å². The lowest BCUT2D eigenvalue weighted by atomic mass is 10.1. The molecular formula is C18H17FN2O2S2. The van der Waals surface area contributed by atoms with Gasteiger partial charge in [-0.2, -0.15) is 0 Å². The molecule has 0 aliphatic carbocycles. The summed E-state index contributed by atoms with van der Waals surface area (Å²) in [5.41, 5.74) is 1.48. The van der Waals surface area contributed by atoms with Gasteiger partial charge in [-0.3, -0.25) is 9.36 Å². The maximum atomic E-state index is 13.2. The fraction of sp³-hybridized carbons (Fsp3) is 0.222. The first-order valence-electron chi connectivity index (χ1n) is 7.66. The molecule has 0 spiro atoms. The number of methoxy groups -OCH3 is 1. The standard InChI is InChI=1S/C18H17FN2O2S2/c1-3-10-24-18-20-16-15(17(22)21(18)8-9-23-2)14(11-25-16)12-4-6-13(19)7-5-12/h3-7,11H,1,8-10H2,2H3. The minimum absolute atomic E-state index is 0.103. The van der Waals surface area contributed by atoms with Crippen LogP contribution in [0, 0.1) is 5.82 Å².